The lowest BCUT2D eigenvalue weighted by Crippen LogP contribution is -1.85. The maximum atomic E-state index is 10.0. The third-order valence-electron chi connectivity index (χ3n) is 1.06. The summed E-state index contributed by atoms with van der Waals surface area (Å²) >= 11 is 0. The Hall–Kier alpha value is -1.43. The van der Waals surface area contributed by atoms with E-state index < -0.39 is 12.5 Å². The molecule has 8 heteroatoms. The molecule has 7 nitrogen and oxygen atoms in total. The van der Waals surface area contributed by atoms with Crippen LogP contribution in [0.25, 0.3) is 0 Å². The molecular weight excluding hydrogens is 225 g/mol. The molecule has 1 rings (SSSR count). The van der Waals surface area contributed by atoms with Crippen molar-refractivity contribution in [2.75, 3.05) is 6.66 Å². The van der Waals surface area contributed by atoms with E-state index in [-0.39, 0.29) is 11.4 Å². The second-order valence-corrected chi connectivity index (χ2v) is 4.28. The lowest BCUT2D eigenvalue weighted by atomic mass is 10.3. The summed E-state index contributed by atoms with van der Waals surface area (Å²) in [6.45, 7) is 0.854. The zero-order valence-electron chi connectivity index (χ0n) is 7.77. The van der Waals surface area contributed by atoms with Crippen molar-refractivity contribution < 1.29 is 24.4 Å². The Kier molecular flexibility index (Phi) is 4.93. The van der Waals surface area contributed by atoms with Gasteiger partial charge in [0, 0.05) is 18.8 Å². The minimum Gasteiger partial charge on any atom is -0.508 e. The van der Waals surface area contributed by atoms with E-state index >= 15 is 0 Å². The molecule has 0 spiro atoms. The van der Waals surface area contributed by atoms with Crippen LogP contribution in [0.15, 0.2) is 24.3 Å². The first-order chi connectivity index (χ1) is 6.70. The van der Waals surface area contributed by atoms with Gasteiger partial charge < -0.3 is 14.9 Å². The molecule has 15 heavy (non-hydrogen) atoms. The molecule has 0 radical (unpaired) electrons. The van der Waals surface area contributed by atoms with Gasteiger partial charge in [-0.2, -0.15) is 0 Å². The van der Waals surface area contributed by atoms with Crippen molar-refractivity contribution in [3.63, 3.8) is 0 Å². The number of nitro benzene ring substituents is 1. The molecule has 1 aromatic rings. The van der Waals surface area contributed by atoms with Gasteiger partial charge in [-0.05, 0) is 12.1 Å². The molecule has 0 unspecified atom stereocenters. The molecule has 0 saturated heterocycles. The number of nitrogens with zero attached hydrogens (tertiary/aromatic N) is 1. The van der Waals surface area contributed by atoms with Gasteiger partial charge in [-0.1, -0.05) is 0 Å². The van der Waals surface area contributed by atoms with E-state index in [0.717, 1.165) is 6.66 Å². The summed E-state index contributed by atoms with van der Waals surface area (Å²) in [6.07, 6.45) is 0. The van der Waals surface area contributed by atoms with Crippen molar-refractivity contribution in [1.29, 1.82) is 0 Å². The topological polar surface area (TPSA) is 121 Å². The molecule has 3 N–H and O–H groups in total. The van der Waals surface area contributed by atoms with E-state index in [9.17, 15) is 14.7 Å². The van der Waals surface area contributed by atoms with Gasteiger partial charge in [-0.25, -0.2) is 0 Å². The number of hydrogen-bond donors (Lipinski definition) is 3. The number of phenols is 1. The molecular formula is C7H10NO6P. The van der Waals surface area contributed by atoms with E-state index in [2.05, 4.69) is 0 Å². The molecule has 84 valence electrons. The molecule has 0 amide bonds. The van der Waals surface area contributed by atoms with E-state index in [0.29, 0.717) is 0 Å². The van der Waals surface area contributed by atoms with Crippen LogP contribution < -0.4 is 0 Å². The van der Waals surface area contributed by atoms with Gasteiger partial charge in [0.2, 0.25) is 0 Å². The Balaban J connectivity index is 0.000000336. The first kappa shape index (κ1) is 13.6. The normalized spacial score (nSPS) is 10.1. The van der Waals surface area contributed by atoms with Crippen LogP contribution in [0.3, 0.4) is 0 Å². The highest BCUT2D eigenvalue weighted by molar-refractivity contribution is 7.50. The predicted molar refractivity (Wildman–Crippen MR) is 52.7 cm³/mol. The van der Waals surface area contributed by atoms with Crippen molar-refractivity contribution in [1.82, 2.24) is 0 Å². The molecule has 0 heterocycles. The van der Waals surface area contributed by atoms with Gasteiger partial charge >= 0.3 is 7.60 Å². The van der Waals surface area contributed by atoms with Crippen LogP contribution in [0, 0.1) is 10.1 Å². The predicted octanol–water partition coefficient (Wildman–Crippen LogP) is 1.09. The van der Waals surface area contributed by atoms with Crippen LogP contribution in [0.1, 0.15) is 0 Å². The Morgan fingerprint density at radius 2 is 1.60 bits per heavy atom. The van der Waals surface area contributed by atoms with Crippen LogP contribution >= 0.6 is 7.60 Å². The number of non-ortho nitro benzene ring substituents is 1. The molecule has 0 bridgehead atoms. The minimum atomic E-state index is -3.64. The van der Waals surface area contributed by atoms with Gasteiger partial charge in [-0.15, -0.1) is 0 Å². The standard InChI is InChI=1S/C6H5NO3.CH5O3P/c8-6-3-1-5(2-4-6)7(9)10;1-5(2,3)4/h1-4,8H;1H3,(H2,2,3,4). The van der Waals surface area contributed by atoms with Gasteiger partial charge in [-0.3, -0.25) is 14.7 Å². The summed E-state index contributed by atoms with van der Waals surface area (Å²) in [5.74, 6) is 0.0330. The summed E-state index contributed by atoms with van der Waals surface area (Å²) < 4.78 is 9.33. The van der Waals surface area contributed by atoms with Crippen molar-refractivity contribution >= 4 is 13.3 Å². The summed E-state index contributed by atoms with van der Waals surface area (Å²) in [7, 11) is -3.64. The summed E-state index contributed by atoms with van der Waals surface area (Å²) in [5.41, 5.74) is -0.0159. The summed E-state index contributed by atoms with van der Waals surface area (Å²) in [6, 6.07) is 5.04. The van der Waals surface area contributed by atoms with Crippen molar-refractivity contribution in [3.05, 3.63) is 34.4 Å². The second kappa shape index (κ2) is 5.45. The van der Waals surface area contributed by atoms with Gasteiger partial charge in [0.15, 0.2) is 0 Å². The third kappa shape index (κ3) is 8.89. The Morgan fingerprint density at radius 1 is 1.27 bits per heavy atom. The largest absolute Gasteiger partial charge is 0.508 e. The zero-order valence-corrected chi connectivity index (χ0v) is 8.66. The fourth-order valence-corrected chi connectivity index (χ4v) is 0.574. The van der Waals surface area contributed by atoms with Crippen molar-refractivity contribution in [3.8, 4) is 5.75 Å². The van der Waals surface area contributed by atoms with Crippen molar-refractivity contribution in [2.45, 2.75) is 0 Å². The van der Waals surface area contributed by atoms with Crippen LogP contribution in [-0.4, -0.2) is 26.5 Å². The Bertz CT molecular complexity index is 361. The monoisotopic (exact) mass is 235 g/mol. The number of benzene rings is 1. The number of aromatic hydroxyl groups is 1. The second-order valence-electron chi connectivity index (χ2n) is 2.61. The lowest BCUT2D eigenvalue weighted by molar-refractivity contribution is -0.384. The molecule has 0 aliphatic heterocycles. The maximum Gasteiger partial charge on any atom is 0.322 e. The fraction of sp³-hybridized carbons (Fsp3) is 0.143. The van der Waals surface area contributed by atoms with Crippen LogP contribution in [0.4, 0.5) is 5.69 Å². The molecule has 0 aliphatic rings. The number of hydrogen-bond acceptors (Lipinski definition) is 4. The molecule has 0 saturated carbocycles. The quantitative estimate of drug-likeness (QED) is 0.380. The number of rotatable bonds is 1. The van der Waals surface area contributed by atoms with E-state index in [1.54, 1.807) is 0 Å². The highest BCUT2D eigenvalue weighted by atomic mass is 31.2. The van der Waals surface area contributed by atoms with Crippen molar-refractivity contribution in [2.24, 2.45) is 0 Å². The molecule has 0 aliphatic carbocycles. The average Bonchev–Trinajstić information content (AvgIpc) is 2.01. The fourth-order valence-electron chi connectivity index (χ4n) is 0.574. The van der Waals surface area contributed by atoms with Crippen LogP contribution in [0.5, 0.6) is 5.75 Å². The first-order valence-electron chi connectivity index (χ1n) is 3.66. The molecule has 0 fully saturated rings. The summed E-state index contributed by atoms with van der Waals surface area (Å²) in [5, 5.41) is 18.8. The molecule has 0 aromatic heterocycles. The minimum absolute atomic E-state index is 0.0159. The van der Waals surface area contributed by atoms with E-state index in [4.69, 9.17) is 14.9 Å². The van der Waals surface area contributed by atoms with Crippen LogP contribution in [0.2, 0.25) is 0 Å². The third-order valence-corrected chi connectivity index (χ3v) is 1.06. The van der Waals surface area contributed by atoms with Crippen LogP contribution in [-0.2, 0) is 4.57 Å². The number of nitro groups is 1. The van der Waals surface area contributed by atoms with Gasteiger partial charge in [0.25, 0.3) is 5.69 Å². The smallest absolute Gasteiger partial charge is 0.322 e. The number of phenolic OH excluding ortho intramolecular Hbond substituents is 1. The Morgan fingerprint density at radius 3 is 1.87 bits per heavy atom. The highest BCUT2D eigenvalue weighted by Gasteiger charge is 2.01. The molecule has 0 atom stereocenters. The highest BCUT2D eigenvalue weighted by Crippen LogP contribution is 2.26. The molecule has 1 aromatic carbocycles. The Labute approximate surface area is 85.3 Å². The van der Waals surface area contributed by atoms with E-state index in [1.165, 1.54) is 24.3 Å². The van der Waals surface area contributed by atoms with Gasteiger partial charge in [0.1, 0.15) is 5.75 Å². The zero-order chi connectivity index (χ0) is 12.1. The maximum absolute atomic E-state index is 10.0. The summed E-state index contributed by atoms with van der Waals surface area (Å²) in [4.78, 5) is 24.8. The first-order valence-corrected chi connectivity index (χ1v) is 5.72. The SMILES string of the molecule is CP(=O)(O)O.O=[N+]([O-])c1ccc(O)cc1. The van der Waals surface area contributed by atoms with Gasteiger partial charge in [0.05, 0.1) is 4.92 Å². The van der Waals surface area contributed by atoms with E-state index in [1.807, 2.05) is 0 Å². The average molecular weight is 235 g/mol. The lowest BCUT2D eigenvalue weighted by Gasteiger charge is -1.89.